The first-order valence-electron chi connectivity index (χ1n) is 8.53. The van der Waals surface area contributed by atoms with Crippen LogP contribution in [0.15, 0.2) is 33.6 Å². The highest BCUT2D eigenvalue weighted by Gasteiger charge is 2.26. The third kappa shape index (κ3) is 3.12. The first-order chi connectivity index (χ1) is 12.0. The fourth-order valence-electron chi connectivity index (χ4n) is 3.78. The number of hydrogen-bond donors (Lipinski definition) is 0. The predicted octanol–water partition coefficient (Wildman–Crippen LogP) is 3.13. The number of piperidine rings is 1. The third-order valence-corrected chi connectivity index (χ3v) is 5.16. The maximum Gasteiger partial charge on any atom is 0.420 e. The zero-order chi connectivity index (χ0) is 17.6. The number of likely N-dealkylation sites (tertiary alicyclic amines) is 1. The first kappa shape index (κ1) is 16.4. The van der Waals surface area contributed by atoms with E-state index in [0.717, 1.165) is 43.7 Å². The van der Waals surface area contributed by atoms with Gasteiger partial charge in [-0.05, 0) is 44.5 Å². The Bertz CT molecular complexity index is 971. The lowest BCUT2D eigenvalue weighted by atomic mass is 10.0. The quantitative estimate of drug-likeness (QED) is 0.720. The molecule has 1 aliphatic rings. The zero-order valence-corrected chi connectivity index (χ0v) is 15.2. The molecule has 3 aromatic rings. The van der Waals surface area contributed by atoms with Crippen LogP contribution in [-0.4, -0.2) is 32.3 Å². The molecule has 1 aromatic carbocycles. The Morgan fingerprint density at radius 3 is 3.00 bits per heavy atom. The summed E-state index contributed by atoms with van der Waals surface area (Å²) in [5, 5.41) is 5.03. The third-order valence-electron chi connectivity index (χ3n) is 4.93. The molecule has 0 amide bonds. The van der Waals surface area contributed by atoms with Crippen LogP contribution in [0.5, 0.6) is 0 Å². The summed E-state index contributed by atoms with van der Waals surface area (Å²) in [5.41, 5.74) is 3.66. The van der Waals surface area contributed by atoms with E-state index in [0.29, 0.717) is 10.6 Å². The van der Waals surface area contributed by atoms with E-state index in [1.807, 2.05) is 24.7 Å². The number of hydrogen-bond acceptors (Lipinski definition) is 4. The topological polar surface area (TPSA) is 56.2 Å². The normalized spacial score (nSPS) is 18.9. The molecular weight excluding hydrogens is 340 g/mol. The number of benzene rings is 1. The van der Waals surface area contributed by atoms with Gasteiger partial charge in [-0.2, -0.15) is 5.10 Å². The largest absolute Gasteiger partial charge is 0.420 e. The lowest BCUT2D eigenvalue weighted by Gasteiger charge is -2.32. The first-order valence-corrected chi connectivity index (χ1v) is 8.91. The van der Waals surface area contributed by atoms with E-state index in [1.165, 1.54) is 5.56 Å². The van der Waals surface area contributed by atoms with E-state index in [9.17, 15) is 4.79 Å². The van der Waals surface area contributed by atoms with E-state index in [2.05, 4.69) is 16.2 Å². The molecular formula is C18H21ClN4O2. The Morgan fingerprint density at radius 1 is 1.40 bits per heavy atom. The Morgan fingerprint density at radius 2 is 2.24 bits per heavy atom. The van der Waals surface area contributed by atoms with Gasteiger partial charge in [0.25, 0.3) is 0 Å². The summed E-state index contributed by atoms with van der Waals surface area (Å²) < 4.78 is 9.02. The maximum absolute atomic E-state index is 12.4. The summed E-state index contributed by atoms with van der Waals surface area (Å²) in [5.74, 6) is -0.304. The minimum Gasteiger partial charge on any atom is -0.408 e. The van der Waals surface area contributed by atoms with Crippen molar-refractivity contribution in [1.29, 1.82) is 0 Å². The summed E-state index contributed by atoms with van der Waals surface area (Å²) >= 11 is 6.12. The van der Waals surface area contributed by atoms with E-state index >= 15 is 0 Å². The molecule has 4 rings (SSSR count). The van der Waals surface area contributed by atoms with Crippen LogP contribution in [0, 0.1) is 6.92 Å². The van der Waals surface area contributed by atoms with Crippen LogP contribution in [0.1, 0.15) is 30.1 Å². The standard InChI is InChI=1S/C18H21ClN4O2/c1-12-13(9-21(2)20-12)10-22-7-3-4-15(11-22)23-16-8-14(19)5-6-17(16)25-18(23)24/h5-6,8-9,15H,3-4,7,10-11H2,1-2H3/t15-/m1/s1. The monoisotopic (exact) mass is 360 g/mol. The number of oxazole rings is 1. The second kappa shape index (κ2) is 6.35. The lowest BCUT2D eigenvalue weighted by molar-refractivity contribution is 0.167. The van der Waals surface area contributed by atoms with Gasteiger partial charge in [0.05, 0.1) is 17.3 Å². The highest BCUT2D eigenvalue weighted by Crippen LogP contribution is 2.27. The number of rotatable bonds is 3. The van der Waals surface area contributed by atoms with E-state index < -0.39 is 0 Å². The van der Waals surface area contributed by atoms with Gasteiger partial charge in [0.15, 0.2) is 5.58 Å². The van der Waals surface area contributed by atoms with Crippen LogP contribution >= 0.6 is 11.6 Å². The van der Waals surface area contributed by atoms with E-state index in [-0.39, 0.29) is 11.8 Å². The molecule has 1 fully saturated rings. The van der Waals surface area contributed by atoms with Gasteiger partial charge >= 0.3 is 5.76 Å². The predicted molar refractivity (Wildman–Crippen MR) is 97.0 cm³/mol. The van der Waals surface area contributed by atoms with Gasteiger partial charge in [0.2, 0.25) is 0 Å². The van der Waals surface area contributed by atoms with Crippen molar-refractivity contribution in [3.05, 3.63) is 51.2 Å². The van der Waals surface area contributed by atoms with Crippen molar-refractivity contribution >= 4 is 22.7 Å². The van der Waals surface area contributed by atoms with Crippen molar-refractivity contribution in [2.24, 2.45) is 7.05 Å². The molecule has 7 heteroatoms. The molecule has 2 aromatic heterocycles. The van der Waals surface area contributed by atoms with Gasteiger partial charge in [0, 0.05) is 36.9 Å². The molecule has 0 spiro atoms. The summed E-state index contributed by atoms with van der Waals surface area (Å²) in [6.07, 6.45) is 4.07. The molecule has 3 heterocycles. The smallest absolute Gasteiger partial charge is 0.408 e. The highest BCUT2D eigenvalue weighted by atomic mass is 35.5. The lowest BCUT2D eigenvalue weighted by Crippen LogP contribution is -2.38. The van der Waals surface area contributed by atoms with Crippen molar-refractivity contribution in [2.45, 2.75) is 32.4 Å². The fourth-order valence-corrected chi connectivity index (χ4v) is 3.95. The zero-order valence-electron chi connectivity index (χ0n) is 14.4. The van der Waals surface area contributed by atoms with Gasteiger partial charge in [-0.25, -0.2) is 4.79 Å². The molecule has 0 bridgehead atoms. The average Bonchev–Trinajstić information content (AvgIpc) is 3.05. The van der Waals surface area contributed by atoms with Gasteiger partial charge in [-0.15, -0.1) is 0 Å². The van der Waals surface area contributed by atoms with Crippen molar-refractivity contribution in [3.8, 4) is 0 Å². The Kier molecular flexibility index (Phi) is 4.17. The molecule has 25 heavy (non-hydrogen) atoms. The number of nitrogens with zero attached hydrogens (tertiary/aromatic N) is 4. The van der Waals surface area contributed by atoms with Crippen molar-refractivity contribution in [1.82, 2.24) is 19.2 Å². The molecule has 1 atom stereocenters. The Balaban J connectivity index is 1.61. The van der Waals surface area contributed by atoms with Gasteiger partial charge in [0.1, 0.15) is 0 Å². The molecule has 0 radical (unpaired) electrons. The molecule has 1 saturated heterocycles. The SMILES string of the molecule is Cc1nn(C)cc1CN1CCC[C@@H](n2c(=O)oc3ccc(Cl)cc32)C1. The molecule has 0 saturated carbocycles. The Labute approximate surface area is 150 Å². The summed E-state index contributed by atoms with van der Waals surface area (Å²) in [4.78, 5) is 14.8. The average molecular weight is 361 g/mol. The van der Waals surface area contributed by atoms with Crippen molar-refractivity contribution in [3.63, 3.8) is 0 Å². The summed E-state index contributed by atoms with van der Waals surface area (Å²) in [7, 11) is 1.94. The van der Waals surface area contributed by atoms with Crippen LogP contribution in [-0.2, 0) is 13.6 Å². The van der Waals surface area contributed by atoms with Crippen molar-refractivity contribution < 1.29 is 4.42 Å². The minimum absolute atomic E-state index is 0.0953. The van der Waals surface area contributed by atoms with Gasteiger partial charge < -0.3 is 4.42 Å². The van der Waals surface area contributed by atoms with Crippen molar-refractivity contribution in [2.75, 3.05) is 13.1 Å². The van der Waals surface area contributed by atoms with E-state index in [1.54, 1.807) is 16.7 Å². The fraction of sp³-hybridized carbons (Fsp3) is 0.444. The second-order valence-electron chi connectivity index (χ2n) is 6.79. The molecule has 1 aliphatic heterocycles. The highest BCUT2D eigenvalue weighted by molar-refractivity contribution is 6.31. The second-order valence-corrected chi connectivity index (χ2v) is 7.23. The Hall–Kier alpha value is -2.05. The summed E-state index contributed by atoms with van der Waals surface area (Å²) in [6.45, 7) is 4.72. The van der Waals surface area contributed by atoms with E-state index in [4.69, 9.17) is 16.0 Å². The molecule has 0 aliphatic carbocycles. The van der Waals surface area contributed by atoms with Crippen LogP contribution in [0.25, 0.3) is 11.1 Å². The molecule has 0 unspecified atom stereocenters. The van der Waals surface area contributed by atoms with Crippen LogP contribution in [0.2, 0.25) is 5.02 Å². The minimum atomic E-state index is -0.304. The molecule has 6 nitrogen and oxygen atoms in total. The van der Waals surface area contributed by atoms with Crippen LogP contribution < -0.4 is 5.76 Å². The number of halogens is 1. The maximum atomic E-state index is 12.4. The number of aryl methyl sites for hydroxylation is 2. The van der Waals surface area contributed by atoms with Crippen LogP contribution in [0.4, 0.5) is 0 Å². The van der Waals surface area contributed by atoms with Crippen LogP contribution in [0.3, 0.4) is 0 Å². The number of aromatic nitrogens is 3. The molecule has 0 N–H and O–H groups in total. The molecule has 132 valence electrons. The summed E-state index contributed by atoms with van der Waals surface area (Å²) in [6, 6.07) is 5.41. The van der Waals surface area contributed by atoms with Gasteiger partial charge in [-0.3, -0.25) is 14.1 Å². The van der Waals surface area contributed by atoms with Gasteiger partial charge in [-0.1, -0.05) is 11.6 Å². The number of fused-ring (bicyclic) bond motifs is 1.